The summed E-state index contributed by atoms with van der Waals surface area (Å²) in [4.78, 5) is 26.2. The first-order chi connectivity index (χ1) is 16.7. The molecule has 1 aromatic carbocycles. The standard InChI is InChI=1S/C22H15F4N7O2/c1-2-27-14-6-11(23)5-12-16-18(33-4-3-15(32-33)22(24,25)26)13(9-30-19(16)31-17(12)14)10-7-28-20(21(34)35)29-8-10/h3-9,27H,2H2,1H3,(H,30,31)(H,34,35). The summed E-state index contributed by atoms with van der Waals surface area (Å²) in [5, 5.41) is 16.5. The normalized spacial score (nSPS) is 11.9. The van der Waals surface area contributed by atoms with E-state index in [1.54, 1.807) is 0 Å². The number of carboxylic acids is 1. The van der Waals surface area contributed by atoms with Crippen LogP contribution >= 0.6 is 0 Å². The van der Waals surface area contributed by atoms with E-state index in [-0.39, 0.29) is 22.5 Å². The summed E-state index contributed by atoms with van der Waals surface area (Å²) in [6.07, 6.45) is 0.266. The lowest BCUT2D eigenvalue weighted by atomic mass is 10.0. The summed E-state index contributed by atoms with van der Waals surface area (Å²) in [5.41, 5.74) is 0.841. The van der Waals surface area contributed by atoms with Gasteiger partial charge in [0.25, 0.3) is 0 Å². The van der Waals surface area contributed by atoms with E-state index < -0.39 is 29.5 Å². The fourth-order valence-corrected chi connectivity index (χ4v) is 3.86. The summed E-state index contributed by atoms with van der Waals surface area (Å²) in [5.74, 6) is -2.35. The number of nitrogens with zero attached hydrogens (tertiary/aromatic N) is 5. The highest BCUT2D eigenvalue weighted by molar-refractivity contribution is 6.15. The van der Waals surface area contributed by atoms with E-state index in [1.807, 2.05) is 6.92 Å². The number of alkyl halides is 3. The van der Waals surface area contributed by atoms with Crippen LogP contribution in [-0.2, 0) is 6.18 Å². The van der Waals surface area contributed by atoms with Gasteiger partial charge in [0.1, 0.15) is 11.5 Å². The summed E-state index contributed by atoms with van der Waals surface area (Å²) < 4.78 is 55.6. The van der Waals surface area contributed by atoms with Crippen LogP contribution in [0, 0.1) is 5.82 Å². The molecule has 4 heterocycles. The molecule has 0 unspecified atom stereocenters. The molecular weight excluding hydrogens is 470 g/mol. The Hall–Kier alpha value is -4.55. The molecule has 0 spiro atoms. The fourth-order valence-electron chi connectivity index (χ4n) is 3.86. The number of pyridine rings is 1. The Bertz CT molecular complexity index is 1590. The first-order valence-corrected chi connectivity index (χ1v) is 10.2. The average Bonchev–Trinajstić information content (AvgIpc) is 3.44. The number of aromatic carboxylic acids is 1. The third kappa shape index (κ3) is 3.80. The lowest BCUT2D eigenvalue weighted by molar-refractivity contribution is -0.141. The molecular formula is C22H15F4N7O2. The molecule has 5 aromatic rings. The molecule has 13 heteroatoms. The van der Waals surface area contributed by atoms with Gasteiger partial charge in [-0.2, -0.15) is 18.3 Å². The van der Waals surface area contributed by atoms with Crippen LogP contribution in [0.15, 0.2) is 43.0 Å². The molecule has 5 rings (SSSR count). The molecule has 0 aliphatic heterocycles. The number of anilines is 1. The monoisotopic (exact) mass is 485 g/mol. The van der Waals surface area contributed by atoms with Crippen molar-refractivity contribution in [2.24, 2.45) is 0 Å². The molecule has 0 amide bonds. The van der Waals surface area contributed by atoms with Gasteiger partial charge in [-0.3, -0.25) is 0 Å². The minimum absolute atomic E-state index is 0.163. The zero-order valence-corrected chi connectivity index (χ0v) is 17.9. The van der Waals surface area contributed by atoms with E-state index in [0.29, 0.717) is 28.5 Å². The number of halogens is 4. The SMILES string of the molecule is CCNc1cc(F)cc2c1[nH]c1ncc(-c3cnc(C(=O)O)nc3)c(-n3ccc(C(F)(F)F)n3)c12. The smallest absolute Gasteiger partial charge is 0.435 e. The molecule has 0 aliphatic rings. The Kier molecular flexibility index (Phi) is 5.11. The maximum atomic E-state index is 14.5. The number of carboxylic acid groups (broad SMARTS) is 1. The molecule has 0 fully saturated rings. The molecule has 0 saturated heterocycles. The van der Waals surface area contributed by atoms with Gasteiger partial charge in [0.2, 0.25) is 5.82 Å². The number of aromatic amines is 1. The summed E-state index contributed by atoms with van der Waals surface area (Å²) in [6.45, 7) is 2.34. The van der Waals surface area contributed by atoms with E-state index in [9.17, 15) is 22.4 Å². The first kappa shape index (κ1) is 22.3. The van der Waals surface area contributed by atoms with Crippen LogP contribution < -0.4 is 5.32 Å². The highest BCUT2D eigenvalue weighted by atomic mass is 19.4. The molecule has 0 saturated carbocycles. The maximum absolute atomic E-state index is 14.5. The van der Waals surface area contributed by atoms with Gasteiger partial charge in [-0.05, 0) is 25.1 Å². The van der Waals surface area contributed by atoms with Crippen molar-refractivity contribution in [2.75, 3.05) is 11.9 Å². The third-order valence-electron chi connectivity index (χ3n) is 5.30. The number of fused-ring (bicyclic) bond motifs is 3. The fraction of sp³-hybridized carbons (Fsp3) is 0.136. The number of benzene rings is 1. The van der Waals surface area contributed by atoms with E-state index in [0.717, 1.165) is 16.9 Å². The van der Waals surface area contributed by atoms with E-state index in [4.69, 9.17) is 5.11 Å². The van der Waals surface area contributed by atoms with Crippen LogP contribution in [0.1, 0.15) is 23.2 Å². The number of rotatable bonds is 5. The van der Waals surface area contributed by atoms with Gasteiger partial charge in [0, 0.05) is 47.8 Å². The number of nitrogens with one attached hydrogen (secondary N) is 2. The highest BCUT2D eigenvalue weighted by Gasteiger charge is 2.34. The minimum Gasteiger partial charge on any atom is -0.475 e. The number of aromatic nitrogens is 6. The van der Waals surface area contributed by atoms with Crippen molar-refractivity contribution in [3.63, 3.8) is 0 Å². The van der Waals surface area contributed by atoms with Crippen molar-refractivity contribution >= 4 is 33.6 Å². The molecule has 0 radical (unpaired) electrons. The second-order valence-electron chi connectivity index (χ2n) is 7.52. The van der Waals surface area contributed by atoms with Crippen molar-refractivity contribution in [2.45, 2.75) is 13.1 Å². The summed E-state index contributed by atoms with van der Waals surface area (Å²) >= 11 is 0. The van der Waals surface area contributed by atoms with Crippen molar-refractivity contribution in [3.8, 4) is 16.8 Å². The predicted molar refractivity (Wildman–Crippen MR) is 118 cm³/mol. The van der Waals surface area contributed by atoms with Crippen LogP contribution in [0.5, 0.6) is 0 Å². The average molecular weight is 485 g/mol. The molecule has 9 nitrogen and oxygen atoms in total. The van der Waals surface area contributed by atoms with E-state index in [1.165, 1.54) is 30.7 Å². The molecule has 3 N–H and O–H groups in total. The Balaban J connectivity index is 1.86. The largest absolute Gasteiger partial charge is 0.475 e. The van der Waals surface area contributed by atoms with Crippen LogP contribution in [0.2, 0.25) is 0 Å². The zero-order valence-electron chi connectivity index (χ0n) is 17.9. The van der Waals surface area contributed by atoms with Gasteiger partial charge < -0.3 is 15.4 Å². The van der Waals surface area contributed by atoms with Crippen LogP contribution in [-0.4, -0.2) is 47.3 Å². The number of carbonyl (C=O) groups is 1. The predicted octanol–water partition coefficient (Wildman–Crippen LogP) is 4.65. The van der Waals surface area contributed by atoms with Gasteiger partial charge in [-0.1, -0.05) is 0 Å². The van der Waals surface area contributed by atoms with E-state index >= 15 is 0 Å². The summed E-state index contributed by atoms with van der Waals surface area (Å²) in [7, 11) is 0. The van der Waals surface area contributed by atoms with Crippen molar-refractivity contribution in [3.05, 3.63) is 60.3 Å². The quantitative estimate of drug-likeness (QED) is 0.310. The number of hydrogen-bond donors (Lipinski definition) is 3. The second-order valence-corrected chi connectivity index (χ2v) is 7.52. The molecule has 178 valence electrons. The van der Waals surface area contributed by atoms with E-state index in [2.05, 4.69) is 30.4 Å². The zero-order chi connectivity index (χ0) is 24.9. The maximum Gasteiger partial charge on any atom is 0.435 e. The molecule has 4 aromatic heterocycles. The number of hydrogen-bond acceptors (Lipinski definition) is 6. The minimum atomic E-state index is -4.69. The van der Waals surface area contributed by atoms with Crippen molar-refractivity contribution < 1.29 is 27.5 Å². The number of H-pyrrole nitrogens is 1. The van der Waals surface area contributed by atoms with Gasteiger partial charge >= 0.3 is 12.1 Å². The Morgan fingerprint density at radius 3 is 2.54 bits per heavy atom. The Morgan fingerprint density at radius 1 is 1.17 bits per heavy atom. The molecule has 0 atom stereocenters. The van der Waals surface area contributed by atoms with Crippen LogP contribution in [0.4, 0.5) is 23.2 Å². The highest BCUT2D eigenvalue weighted by Crippen LogP contribution is 2.39. The third-order valence-corrected chi connectivity index (χ3v) is 5.30. The molecule has 0 aliphatic carbocycles. The Labute approximate surface area is 193 Å². The lowest BCUT2D eigenvalue weighted by Gasteiger charge is -2.12. The second kappa shape index (κ2) is 8.04. The molecule has 0 bridgehead atoms. The topological polar surface area (TPSA) is 122 Å². The lowest BCUT2D eigenvalue weighted by Crippen LogP contribution is -2.08. The first-order valence-electron chi connectivity index (χ1n) is 10.2. The Morgan fingerprint density at radius 2 is 1.91 bits per heavy atom. The van der Waals surface area contributed by atoms with Gasteiger partial charge in [0.05, 0.1) is 22.3 Å². The van der Waals surface area contributed by atoms with Crippen LogP contribution in [0.25, 0.3) is 38.8 Å². The van der Waals surface area contributed by atoms with Crippen molar-refractivity contribution in [1.29, 1.82) is 0 Å². The van der Waals surface area contributed by atoms with Gasteiger partial charge in [-0.15, -0.1) is 0 Å². The molecule has 35 heavy (non-hydrogen) atoms. The van der Waals surface area contributed by atoms with Gasteiger partial charge in [0.15, 0.2) is 5.69 Å². The van der Waals surface area contributed by atoms with Gasteiger partial charge in [-0.25, -0.2) is 28.8 Å². The summed E-state index contributed by atoms with van der Waals surface area (Å²) in [6, 6.07) is 3.37. The van der Waals surface area contributed by atoms with Crippen LogP contribution in [0.3, 0.4) is 0 Å². The van der Waals surface area contributed by atoms with Crippen molar-refractivity contribution in [1.82, 2.24) is 29.7 Å².